The second-order valence-electron chi connectivity index (χ2n) is 6.85. The monoisotopic (exact) mass is 339 g/mol. The number of imide groups is 1. The Labute approximate surface area is 140 Å². The van der Waals surface area contributed by atoms with Gasteiger partial charge in [-0.2, -0.15) is 0 Å². The van der Waals surface area contributed by atoms with Crippen LogP contribution in [0.3, 0.4) is 0 Å². The molecule has 2 fully saturated rings. The highest BCUT2D eigenvalue weighted by atomic mass is 16.3. The van der Waals surface area contributed by atoms with Gasteiger partial charge >= 0.3 is 6.03 Å². The first-order chi connectivity index (χ1) is 11.4. The third-order valence-electron chi connectivity index (χ3n) is 5.02. The first kappa shape index (κ1) is 17.0. The number of aliphatic hydroxyl groups is 2. The molecule has 9 nitrogen and oxygen atoms in total. The largest absolute Gasteiger partial charge is 0.394 e. The van der Waals surface area contributed by atoms with Gasteiger partial charge in [-0.1, -0.05) is 6.92 Å². The first-order valence-corrected chi connectivity index (χ1v) is 8.38. The van der Waals surface area contributed by atoms with Crippen molar-refractivity contribution < 1.29 is 19.8 Å². The van der Waals surface area contributed by atoms with Crippen LogP contribution in [-0.4, -0.2) is 94.4 Å². The first-order valence-electron chi connectivity index (χ1n) is 8.38. The molecule has 0 radical (unpaired) electrons. The number of rotatable bonds is 3. The van der Waals surface area contributed by atoms with E-state index in [1.54, 1.807) is 11.9 Å². The molecule has 0 spiro atoms. The SMILES string of the molecule is CC1CCN(C2=NC3C(C(=O)NC(=O)N3C)N2CC(O)CO)CC1. The number of urea groups is 1. The fourth-order valence-corrected chi connectivity index (χ4v) is 3.46. The average molecular weight is 339 g/mol. The molecule has 0 aromatic carbocycles. The number of guanidine groups is 1. The zero-order chi connectivity index (χ0) is 17.4. The fourth-order valence-electron chi connectivity index (χ4n) is 3.46. The van der Waals surface area contributed by atoms with Gasteiger partial charge in [-0.3, -0.25) is 10.1 Å². The Balaban J connectivity index is 1.88. The number of piperidine rings is 1. The predicted molar refractivity (Wildman–Crippen MR) is 86.1 cm³/mol. The van der Waals surface area contributed by atoms with Crippen molar-refractivity contribution in [1.29, 1.82) is 0 Å². The van der Waals surface area contributed by atoms with E-state index in [4.69, 9.17) is 0 Å². The van der Waals surface area contributed by atoms with Gasteiger partial charge in [0.1, 0.15) is 0 Å². The van der Waals surface area contributed by atoms with Crippen molar-refractivity contribution in [1.82, 2.24) is 20.0 Å². The number of aliphatic imine (C=N–C) groups is 1. The summed E-state index contributed by atoms with van der Waals surface area (Å²) in [5.74, 6) is 0.855. The van der Waals surface area contributed by atoms with Crippen LogP contribution in [0.15, 0.2) is 4.99 Å². The predicted octanol–water partition coefficient (Wildman–Crippen LogP) is -1.38. The van der Waals surface area contributed by atoms with Crippen LogP contribution in [0, 0.1) is 5.92 Å². The number of amides is 3. The summed E-state index contributed by atoms with van der Waals surface area (Å²) in [5, 5.41) is 21.4. The number of fused-ring (bicyclic) bond motifs is 1. The van der Waals surface area contributed by atoms with Crippen LogP contribution < -0.4 is 5.32 Å². The zero-order valence-electron chi connectivity index (χ0n) is 14.1. The van der Waals surface area contributed by atoms with E-state index >= 15 is 0 Å². The molecule has 3 rings (SSSR count). The zero-order valence-corrected chi connectivity index (χ0v) is 14.1. The molecule has 24 heavy (non-hydrogen) atoms. The number of carbonyl (C=O) groups is 2. The molecule has 3 heterocycles. The highest BCUT2D eigenvalue weighted by Crippen LogP contribution is 2.27. The van der Waals surface area contributed by atoms with Crippen molar-refractivity contribution in [2.45, 2.75) is 38.1 Å². The van der Waals surface area contributed by atoms with Crippen molar-refractivity contribution in [3.05, 3.63) is 0 Å². The lowest BCUT2D eigenvalue weighted by Crippen LogP contribution is -2.65. The molecule has 3 unspecified atom stereocenters. The van der Waals surface area contributed by atoms with Crippen LogP contribution in [-0.2, 0) is 4.79 Å². The molecule has 2 saturated heterocycles. The lowest BCUT2D eigenvalue weighted by Gasteiger charge is -2.39. The van der Waals surface area contributed by atoms with E-state index in [2.05, 4.69) is 22.1 Å². The van der Waals surface area contributed by atoms with Crippen LogP contribution in [0.5, 0.6) is 0 Å². The maximum Gasteiger partial charge on any atom is 0.325 e. The minimum absolute atomic E-state index is 0.0952. The van der Waals surface area contributed by atoms with E-state index in [9.17, 15) is 19.8 Å². The lowest BCUT2D eigenvalue weighted by molar-refractivity contribution is -0.127. The molecule has 0 aromatic heterocycles. The molecule has 0 bridgehead atoms. The van der Waals surface area contributed by atoms with Gasteiger partial charge in [0.15, 0.2) is 18.2 Å². The quantitative estimate of drug-likeness (QED) is 0.585. The van der Waals surface area contributed by atoms with E-state index in [0.717, 1.165) is 25.9 Å². The molecule has 3 aliphatic rings. The van der Waals surface area contributed by atoms with Gasteiger partial charge in [0, 0.05) is 26.7 Å². The summed E-state index contributed by atoms with van der Waals surface area (Å²) in [4.78, 5) is 34.1. The topological polar surface area (TPSA) is 109 Å². The Kier molecular flexibility index (Phi) is 4.64. The summed E-state index contributed by atoms with van der Waals surface area (Å²) in [5.41, 5.74) is 0. The molecule has 0 saturated carbocycles. The van der Waals surface area contributed by atoms with Gasteiger partial charge in [-0.15, -0.1) is 0 Å². The summed E-state index contributed by atoms with van der Waals surface area (Å²) >= 11 is 0. The standard InChI is InChI=1S/C15H25N5O4/c1-9-3-5-19(6-4-9)14-16-12-11(20(14)7-10(22)8-21)13(23)17-15(24)18(12)2/h9-12,21-22H,3-8H2,1-2H3,(H,17,23,24). The summed E-state index contributed by atoms with van der Waals surface area (Å²) in [7, 11) is 1.60. The number of likely N-dealkylation sites (N-methyl/N-ethyl adjacent to an activating group) is 1. The minimum Gasteiger partial charge on any atom is -0.394 e. The molecule has 3 atom stereocenters. The van der Waals surface area contributed by atoms with Gasteiger partial charge < -0.3 is 24.9 Å². The van der Waals surface area contributed by atoms with Crippen molar-refractivity contribution in [2.75, 3.05) is 33.3 Å². The summed E-state index contributed by atoms with van der Waals surface area (Å²) < 4.78 is 0. The minimum atomic E-state index is -0.978. The van der Waals surface area contributed by atoms with Crippen LogP contribution in [0.4, 0.5) is 4.79 Å². The molecule has 134 valence electrons. The Morgan fingerprint density at radius 1 is 1.33 bits per heavy atom. The Hall–Kier alpha value is -1.87. The van der Waals surface area contributed by atoms with Gasteiger partial charge in [0.2, 0.25) is 0 Å². The van der Waals surface area contributed by atoms with Crippen molar-refractivity contribution in [2.24, 2.45) is 10.9 Å². The number of hydrogen-bond acceptors (Lipinski definition) is 7. The van der Waals surface area contributed by atoms with Crippen LogP contribution in [0.25, 0.3) is 0 Å². The Morgan fingerprint density at radius 3 is 2.62 bits per heavy atom. The van der Waals surface area contributed by atoms with Crippen LogP contribution in [0.2, 0.25) is 0 Å². The third kappa shape index (κ3) is 2.93. The van der Waals surface area contributed by atoms with E-state index in [1.165, 1.54) is 4.90 Å². The molecule has 3 amide bonds. The number of β-amino-alcohol motifs (C(OH)–C–C–N with tert-alkyl or cyclic N) is 1. The van der Waals surface area contributed by atoms with Crippen LogP contribution in [0.1, 0.15) is 19.8 Å². The van der Waals surface area contributed by atoms with Crippen LogP contribution >= 0.6 is 0 Å². The van der Waals surface area contributed by atoms with E-state index in [-0.39, 0.29) is 6.54 Å². The maximum absolute atomic E-state index is 12.4. The Morgan fingerprint density at radius 2 is 2.00 bits per heavy atom. The molecular formula is C15H25N5O4. The number of nitrogens with zero attached hydrogens (tertiary/aromatic N) is 4. The lowest BCUT2D eigenvalue weighted by atomic mass is 9.99. The molecule has 3 aliphatic heterocycles. The number of carbonyl (C=O) groups excluding carboxylic acids is 2. The molecular weight excluding hydrogens is 314 g/mol. The molecule has 3 N–H and O–H groups in total. The van der Waals surface area contributed by atoms with Crippen molar-refractivity contribution in [3.8, 4) is 0 Å². The van der Waals surface area contributed by atoms with Gasteiger partial charge in [-0.25, -0.2) is 9.79 Å². The number of nitrogens with one attached hydrogen (secondary N) is 1. The maximum atomic E-state index is 12.4. The third-order valence-corrected chi connectivity index (χ3v) is 5.02. The summed E-state index contributed by atoms with van der Waals surface area (Å²) in [6.07, 6.45) is 0.483. The van der Waals surface area contributed by atoms with Gasteiger partial charge in [0.25, 0.3) is 5.91 Å². The van der Waals surface area contributed by atoms with E-state index in [1.807, 2.05) is 0 Å². The van der Waals surface area contributed by atoms with E-state index < -0.39 is 36.9 Å². The fraction of sp³-hybridized carbons (Fsp3) is 0.800. The van der Waals surface area contributed by atoms with Crippen molar-refractivity contribution >= 4 is 17.9 Å². The average Bonchev–Trinajstić information content (AvgIpc) is 2.93. The van der Waals surface area contributed by atoms with Gasteiger partial charge in [-0.05, 0) is 18.8 Å². The summed E-state index contributed by atoms with van der Waals surface area (Å²) in [6, 6.07) is -1.15. The molecule has 0 aromatic rings. The van der Waals surface area contributed by atoms with Crippen molar-refractivity contribution in [3.63, 3.8) is 0 Å². The number of likely N-dealkylation sites (tertiary alicyclic amines) is 1. The highest BCUT2D eigenvalue weighted by Gasteiger charge is 2.50. The molecule has 0 aliphatic carbocycles. The number of hydrogen-bond donors (Lipinski definition) is 3. The summed E-state index contributed by atoms with van der Waals surface area (Å²) in [6.45, 7) is 3.56. The Bertz CT molecular complexity index is 546. The smallest absolute Gasteiger partial charge is 0.325 e. The highest BCUT2D eigenvalue weighted by molar-refractivity contribution is 6.03. The van der Waals surface area contributed by atoms with Gasteiger partial charge in [0.05, 0.1) is 12.7 Å². The normalized spacial score (nSPS) is 29.5. The second kappa shape index (κ2) is 6.56. The van der Waals surface area contributed by atoms with E-state index in [0.29, 0.717) is 11.9 Å². The molecule has 9 heteroatoms. The second-order valence-corrected chi connectivity index (χ2v) is 6.85. The number of aliphatic hydroxyl groups excluding tert-OH is 2.